The summed E-state index contributed by atoms with van der Waals surface area (Å²) in [6.45, 7) is 0. The number of pyridine rings is 1. The lowest BCUT2D eigenvalue weighted by Gasteiger charge is -2.22. The standard InChI is InChI=1S/C16H10BrNO2S/c1-20-10-7-11-13(19)4-5-18-12-6-9(17)2-3-14(12)21-15(8-10)16(11)18/h2-8H,1H3. The lowest BCUT2D eigenvalue weighted by Crippen LogP contribution is -2.11. The lowest BCUT2D eigenvalue weighted by atomic mass is 10.1. The molecule has 0 saturated carbocycles. The SMILES string of the molecule is COc1cc2c3c(c1)c(=O)ccn3-c1cc(Br)ccc1S2. The third-order valence-corrected chi connectivity index (χ3v) is 5.16. The van der Waals surface area contributed by atoms with E-state index < -0.39 is 0 Å². The second-order valence-corrected chi connectivity index (χ2v) is 6.79. The normalized spacial score (nSPS) is 12.3. The number of hydrogen-bond acceptors (Lipinski definition) is 3. The van der Waals surface area contributed by atoms with Crippen LogP contribution in [-0.4, -0.2) is 11.7 Å². The molecule has 2 aromatic carbocycles. The van der Waals surface area contributed by atoms with Crippen LogP contribution in [-0.2, 0) is 0 Å². The minimum atomic E-state index is 0.0143. The van der Waals surface area contributed by atoms with E-state index in [2.05, 4.69) is 32.6 Å². The van der Waals surface area contributed by atoms with Gasteiger partial charge in [0, 0.05) is 26.5 Å². The third-order valence-electron chi connectivity index (χ3n) is 3.57. The highest BCUT2D eigenvalue weighted by Crippen LogP contribution is 2.43. The van der Waals surface area contributed by atoms with Gasteiger partial charge in [-0.05, 0) is 30.3 Å². The Morgan fingerprint density at radius 3 is 2.81 bits per heavy atom. The first-order chi connectivity index (χ1) is 10.2. The van der Waals surface area contributed by atoms with Crippen molar-refractivity contribution in [2.45, 2.75) is 9.79 Å². The first-order valence-electron chi connectivity index (χ1n) is 6.38. The van der Waals surface area contributed by atoms with Gasteiger partial charge in [-0.25, -0.2) is 0 Å². The maximum absolute atomic E-state index is 12.2. The van der Waals surface area contributed by atoms with Gasteiger partial charge in [-0.3, -0.25) is 4.79 Å². The fourth-order valence-electron chi connectivity index (χ4n) is 2.61. The molecule has 1 aliphatic rings. The van der Waals surface area contributed by atoms with Gasteiger partial charge >= 0.3 is 0 Å². The van der Waals surface area contributed by atoms with Gasteiger partial charge in [0.25, 0.3) is 0 Å². The van der Waals surface area contributed by atoms with Gasteiger partial charge in [0.1, 0.15) is 5.75 Å². The Morgan fingerprint density at radius 2 is 2.00 bits per heavy atom. The van der Waals surface area contributed by atoms with Crippen LogP contribution in [0.5, 0.6) is 5.75 Å². The van der Waals surface area contributed by atoms with E-state index in [1.165, 1.54) is 0 Å². The number of fused-ring (bicyclic) bond motifs is 2. The molecule has 0 amide bonds. The summed E-state index contributed by atoms with van der Waals surface area (Å²) in [4.78, 5) is 14.4. The lowest BCUT2D eigenvalue weighted by molar-refractivity contribution is 0.414. The fraction of sp³-hybridized carbons (Fsp3) is 0.0625. The summed E-state index contributed by atoms with van der Waals surface area (Å²) in [6, 6.07) is 11.6. The van der Waals surface area contributed by atoms with Gasteiger partial charge in [-0.2, -0.15) is 0 Å². The molecule has 104 valence electrons. The van der Waals surface area contributed by atoms with Crippen molar-refractivity contribution in [3.63, 3.8) is 0 Å². The maximum Gasteiger partial charge on any atom is 0.189 e. The van der Waals surface area contributed by atoms with Gasteiger partial charge in [-0.1, -0.05) is 27.7 Å². The quantitative estimate of drug-likeness (QED) is 0.509. The number of halogens is 1. The topological polar surface area (TPSA) is 31.2 Å². The molecule has 0 radical (unpaired) electrons. The Labute approximate surface area is 133 Å². The molecule has 0 N–H and O–H groups in total. The van der Waals surface area contributed by atoms with E-state index in [0.29, 0.717) is 11.1 Å². The van der Waals surface area contributed by atoms with Crippen molar-refractivity contribution in [2.75, 3.05) is 7.11 Å². The molecule has 4 rings (SSSR count). The summed E-state index contributed by atoms with van der Waals surface area (Å²) in [5.74, 6) is 0.709. The number of rotatable bonds is 1. The number of nitrogens with zero attached hydrogens (tertiary/aromatic N) is 1. The highest BCUT2D eigenvalue weighted by Gasteiger charge is 2.20. The van der Waals surface area contributed by atoms with Crippen LogP contribution in [0.1, 0.15) is 0 Å². The van der Waals surface area contributed by atoms with Gasteiger partial charge in [-0.15, -0.1) is 0 Å². The molecule has 0 fully saturated rings. The van der Waals surface area contributed by atoms with E-state index in [-0.39, 0.29) is 5.43 Å². The van der Waals surface area contributed by atoms with Crippen LogP contribution in [0.4, 0.5) is 0 Å². The molecule has 0 unspecified atom stereocenters. The minimum Gasteiger partial charge on any atom is -0.497 e. The number of ether oxygens (including phenoxy) is 1. The summed E-state index contributed by atoms with van der Waals surface area (Å²) in [6.07, 6.45) is 1.84. The maximum atomic E-state index is 12.2. The number of hydrogen-bond donors (Lipinski definition) is 0. The Bertz CT molecular complexity index is 949. The van der Waals surface area contributed by atoms with E-state index in [0.717, 1.165) is 25.5 Å². The summed E-state index contributed by atoms with van der Waals surface area (Å²) in [7, 11) is 1.62. The van der Waals surface area contributed by atoms with Crippen LogP contribution in [0, 0.1) is 0 Å². The van der Waals surface area contributed by atoms with E-state index in [4.69, 9.17) is 4.74 Å². The molecule has 0 aliphatic carbocycles. The van der Waals surface area contributed by atoms with Gasteiger partial charge in [0.05, 0.1) is 23.7 Å². The zero-order valence-corrected chi connectivity index (χ0v) is 13.5. The largest absolute Gasteiger partial charge is 0.497 e. The molecule has 0 spiro atoms. The van der Waals surface area contributed by atoms with Crippen molar-refractivity contribution in [1.82, 2.24) is 4.57 Å². The van der Waals surface area contributed by atoms with Crippen LogP contribution >= 0.6 is 27.7 Å². The van der Waals surface area contributed by atoms with Gasteiger partial charge in [0.2, 0.25) is 0 Å². The van der Waals surface area contributed by atoms with Gasteiger partial charge < -0.3 is 9.30 Å². The Hall–Kier alpha value is -1.72. The highest BCUT2D eigenvalue weighted by molar-refractivity contribution is 9.10. The molecule has 1 aliphatic heterocycles. The molecule has 1 aromatic heterocycles. The molecule has 21 heavy (non-hydrogen) atoms. The van der Waals surface area contributed by atoms with Crippen molar-refractivity contribution < 1.29 is 4.74 Å². The molecule has 0 bridgehead atoms. The fourth-order valence-corrected chi connectivity index (χ4v) is 4.07. The summed E-state index contributed by atoms with van der Waals surface area (Å²) in [5, 5.41) is 0.685. The molecule has 2 heterocycles. The molecule has 0 atom stereocenters. The van der Waals surface area contributed by atoms with Crippen molar-refractivity contribution in [3.05, 3.63) is 57.3 Å². The van der Waals surface area contributed by atoms with E-state index in [9.17, 15) is 4.79 Å². The summed E-state index contributed by atoms with van der Waals surface area (Å²) >= 11 is 5.17. The Kier molecular flexibility index (Phi) is 2.87. The summed E-state index contributed by atoms with van der Waals surface area (Å²) in [5.41, 5.74) is 2.04. The second kappa shape index (κ2) is 4.64. The van der Waals surface area contributed by atoms with Gasteiger partial charge in [0.15, 0.2) is 5.43 Å². The monoisotopic (exact) mass is 359 g/mol. The smallest absolute Gasteiger partial charge is 0.189 e. The number of aromatic nitrogens is 1. The van der Waals surface area contributed by atoms with Crippen LogP contribution in [0.3, 0.4) is 0 Å². The number of benzene rings is 2. The van der Waals surface area contributed by atoms with Crippen LogP contribution < -0.4 is 10.2 Å². The van der Waals surface area contributed by atoms with Crippen molar-refractivity contribution in [1.29, 1.82) is 0 Å². The van der Waals surface area contributed by atoms with Crippen molar-refractivity contribution >= 4 is 38.6 Å². The van der Waals surface area contributed by atoms with Crippen LogP contribution in [0.2, 0.25) is 0 Å². The molecule has 0 saturated heterocycles. The van der Waals surface area contributed by atoms with Crippen LogP contribution in [0.15, 0.2) is 61.7 Å². The Morgan fingerprint density at radius 1 is 1.14 bits per heavy atom. The van der Waals surface area contributed by atoms with E-state index in [1.807, 2.05) is 18.3 Å². The predicted octanol–water partition coefficient (Wildman–Crippen LogP) is 4.23. The predicted molar refractivity (Wildman–Crippen MR) is 87.9 cm³/mol. The Balaban J connectivity index is 2.17. The second-order valence-electron chi connectivity index (χ2n) is 4.79. The minimum absolute atomic E-state index is 0.0143. The van der Waals surface area contributed by atoms with E-state index >= 15 is 0 Å². The average molecular weight is 360 g/mol. The van der Waals surface area contributed by atoms with E-state index in [1.54, 1.807) is 31.0 Å². The number of methoxy groups -OCH3 is 1. The van der Waals surface area contributed by atoms with Crippen molar-refractivity contribution in [2.24, 2.45) is 0 Å². The molecular weight excluding hydrogens is 350 g/mol. The summed E-state index contributed by atoms with van der Waals surface area (Å²) < 4.78 is 8.41. The first-order valence-corrected chi connectivity index (χ1v) is 7.99. The zero-order chi connectivity index (χ0) is 14.6. The molecule has 3 aromatic rings. The third kappa shape index (κ3) is 1.92. The van der Waals surface area contributed by atoms with Crippen LogP contribution in [0.25, 0.3) is 16.6 Å². The zero-order valence-electron chi connectivity index (χ0n) is 11.1. The first kappa shape index (κ1) is 13.0. The average Bonchev–Trinajstić information content (AvgIpc) is 2.50. The highest BCUT2D eigenvalue weighted by atomic mass is 79.9. The molecule has 5 heteroatoms. The van der Waals surface area contributed by atoms with Crippen molar-refractivity contribution in [3.8, 4) is 11.4 Å². The molecule has 3 nitrogen and oxygen atoms in total. The molecular formula is C16H10BrNO2S.